The summed E-state index contributed by atoms with van der Waals surface area (Å²) in [6, 6.07) is 4.79. The standard InChI is InChI=1S/C21H28N6O6S/c1-12-18(27(31)32)34-19(24-12)26-17(29)15-8-7-14(11-16(15)25-13(2)28)22-9-6-10-23-20(30)33-21(3,4)5/h7-8,11,22H,6,9-10H2,1-5H3,(H,23,30)(H,25,28)(H,24,26,29). The number of nitro groups is 1. The molecule has 184 valence electrons. The zero-order valence-electron chi connectivity index (χ0n) is 19.6. The molecule has 0 aliphatic heterocycles. The molecular weight excluding hydrogens is 464 g/mol. The molecule has 4 N–H and O–H groups in total. The molecule has 0 saturated heterocycles. The predicted octanol–water partition coefficient (Wildman–Crippen LogP) is 3.90. The van der Waals surface area contributed by atoms with E-state index in [4.69, 9.17) is 4.74 Å². The van der Waals surface area contributed by atoms with Gasteiger partial charge < -0.3 is 20.7 Å². The minimum atomic E-state index is -0.569. The number of aromatic nitrogens is 1. The number of hydrogen-bond acceptors (Lipinski definition) is 9. The van der Waals surface area contributed by atoms with Crippen molar-refractivity contribution in [1.82, 2.24) is 10.3 Å². The third-order valence-corrected chi connectivity index (χ3v) is 5.11. The topological polar surface area (TPSA) is 165 Å². The highest BCUT2D eigenvalue weighted by Gasteiger charge is 2.21. The quantitative estimate of drug-likeness (QED) is 0.232. The highest BCUT2D eigenvalue weighted by atomic mass is 32.1. The van der Waals surface area contributed by atoms with E-state index in [1.807, 2.05) is 0 Å². The number of amides is 3. The molecule has 0 spiro atoms. The van der Waals surface area contributed by atoms with Gasteiger partial charge in [0.05, 0.1) is 16.2 Å². The number of rotatable bonds is 9. The van der Waals surface area contributed by atoms with Crippen molar-refractivity contribution in [3.8, 4) is 0 Å². The van der Waals surface area contributed by atoms with Crippen LogP contribution in [0.25, 0.3) is 0 Å². The van der Waals surface area contributed by atoms with E-state index in [1.165, 1.54) is 19.9 Å². The Morgan fingerprint density at radius 2 is 1.88 bits per heavy atom. The highest BCUT2D eigenvalue weighted by molar-refractivity contribution is 7.19. The number of anilines is 3. The van der Waals surface area contributed by atoms with Gasteiger partial charge in [-0.15, -0.1) is 0 Å². The van der Waals surface area contributed by atoms with Crippen LogP contribution in [0.15, 0.2) is 18.2 Å². The normalized spacial score (nSPS) is 10.9. The lowest BCUT2D eigenvalue weighted by Crippen LogP contribution is -2.33. The Bertz CT molecular complexity index is 1080. The zero-order valence-corrected chi connectivity index (χ0v) is 20.4. The van der Waals surface area contributed by atoms with Gasteiger partial charge in [0, 0.05) is 25.7 Å². The van der Waals surface area contributed by atoms with Crippen LogP contribution in [-0.2, 0) is 9.53 Å². The molecule has 1 aromatic carbocycles. The van der Waals surface area contributed by atoms with Gasteiger partial charge in [0.25, 0.3) is 5.91 Å². The Hall–Kier alpha value is -3.74. The second-order valence-corrected chi connectivity index (χ2v) is 9.25. The first-order valence-corrected chi connectivity index (χ1v) is 11.2. The number of ether oxygens (including phenoxy) is 1. The minimum Gasteiger partial charge on any atom is -0.444 e. The van der Waals surface area contributed by atoms with Crippen LogP contribution in [0.1, 0.15) is 50.2 Å². The summed E-state index contributed by atoms with van der Waals surface area (Å²) in [5.41, 5.74) is 0.725. The van der Waals surface area contributed by atoms with Gasteiger partial charge in [0.1, 0.15) is 11.3 Å². The second kappa shape index (κ2) is 11.4. The number of nitrogens with zero attached hydrogens (tertiary/aromatic N) is 2. The summed E-state index contributed by atoms with van der Waals surface area (Å²) in [5, 5.41) is 21.9. The number of alkyl carbamates (subject to hydrolysis) is 1. The molecule has 0 saturated carbocycles. The number of nitrogens with one attached hydrogen (secondary N) is 4. The number of carbonyl (C=O) groups is 3. The van der Waals surface area contributed by atoms with Crippen LogP contribution >= 0.6 is 11.3 Å². The van der Waals surface area contributed by atoms with E-state index in [9.17, 15) is 24.5 Å². The lowest BCUT2D eigenvalue weighted by atomic mass is 10.1. The lowest BCUT2D eigenvalue weighted by Gasteiger charge is -2.19. The Balaban J connectivity index is 2.00. The van der Waals surface area contributed by atoms with Crippen LogP contribution in [0.2, 0.25) is 0 Å². The third kappa shape index (κ3) is 8.31. The van der Waals surface area contributed by atoms with Crippen LogP contribution in [0.3, 0.4) is 0 Å². The summed E-state index contributed by atoms with van der Waals surface area (Å²) in [7, 11) is 0. The smallest absolute Gasteiger partial charge is 0.407 e. The Morgan fingerprint density at radius 1 is 1.18 bits per heavy atom. The Kier molecular flexibility index (Phi) is 8.90. The maximum atomic E-state index is 12.7. The van der Waals surface area contributed by atoms with Gasteiger partial charge in [-0.3, -0.25) is 25.0 Å². The first kappa shape index (κ1) is 26.5. The summed E-state index contributed by atoms with van der Waals surface area (Å²) in [6.07, 6.45) is 0.121. The van der Waals surface area contributed by atoms with Crippen LogP contribution in [0.5, 0.6) is 0 Å². The van der Waals surface area contributed by atoms with Gasteiger partial charge in [-0.2, -0.15) is 0 Å². The monoisotopic (exact) mass is 492 g/mol. The van der Waals surface area contributed by atoms with E-state index in [0.717, 1.165) is 11.3 Å². The maximum absolute atomic E-state index is 12.7. The van der Waals surface area contributed by atoms with E-state index in [1.54, 1.807) is 32.9 Å². The molecule has 0 bridgehead atoms. The first-order valence-electron chi connectivity index (χ1n) is 10.4. The molecule has 0 radical (unpaired) electrons. The van der Waals surface area contributed by atoms with Crippen molar-refractivity contribution in [2.24, 2.45) is 0 Å². The Labute approximate surface area is 200 Å². The van der Waals surface area contributed by atoms with Gasteiger partial charge in [0.15, 0.2) is 5.13 Å². The minimum absolute atomic E-state index is 0.0858. The number of benzene rings is 1. The second-order valence-electron chi connectivity index (χ2n) is 8.27. The molecule has 12 nitrogen and oxygen atoms in total. The third-order valence-electron chi connectivity index (χ3n) is 4.08. The van der Waals surface area contributed by atoms with Gasteiger partial charge in [-0.05, 0) is 63.7 Å². The molecule has 13 heteroatoms. The van der Waals surface area contributed by atoms with Crippen molar-refractivity contribution >= 4 is 50.8 Å². The lowest BCUT2D eigenvalue weighted by molar-refractivity contribution is -0.380. The van der Waals surface area contributed by atoms with Crippen LogP contribution in [0, 0.1) is 17.0 Å². The summed E-state index contributed by atoms with van der Waals surface area (Å²) in [6.45, 7) is 9.07. The molecule has 2 rings (SSSR count). The number of hydrogen-bond donors (Lipinski definition) is 4. The van der Waals surface area contributed by atoms with Crippen molar-refractivity contribution in [2.75, 3.05) is 29.0 Å². The van der Waals surface area contributed by atoms with Crippen LogP contribution in [-0.4, -0.2) is 46.5 Å². The molecule has 1 aromatic heterocycles. The van der Waals surface area contributed by atoms with Gasteiger partial charge in [0.2, 0.25) is 5.91 Å². The SMILES string of the molecule is CC(=O)Nc1cc(NCCCNC(=O)OC(C)(C)C)ccc1C(=O)Nc1nc(C)c([N+](=O)[O-])s1. The molecule has 0 fully saturated rings. The summed E-state index contributed by atoms with van der Waals surface area (Å²) in [4.78, 5) is 50.5. The van der Waals surface area contributed by atoms with E-state index >= 15 is 0 Å². The van der Waals surface area contributed by atoms with Crippen LogP contribution in [0.4, 0.5) is 26.3 Å². The van der Waals surface area contributed by atoms with Gasteiger partial charge in [-0.25, -0.2) is 9.78 Å². The van der Waals surface area contributed by atoms with E-state index < -0.39 is 22.5 Å². The zero-order chi connectivity index (χ0) is 25.5. The average molecular weight is 493 g/mol. The first-order chi connectivity index (χ1) is 15.9. The fourth-order valence-corrected chi connectivity index (χ4v) is 3.52. The Morgan fingerprint density at radius 3 is 2.47 bits per heavy atom. The predicted molar refractivity (Wildman–Crippen MR) is 130 cm³/mol. The summed E-state index contributed by atoms with van der Waals surface area (Å²) >= 11 is 0.753. The average Bonchev–Trinajstić information content (AvgIpc) is 3.06. The number of aryl methyl sites for hydroxylation is 1. The van der Waals surface area contributed by atoms with Gasteiger partial charge >= 0.3 is 11.1 Å². The highest BCUT2D eigenvalue weighted by Crippen LogP contribution is 2.30. The van der Waals surface area contributed by atoms with Gasteiger partial charge in [-0.1, -0.05) is 0 Å². The molecule has 1 heterocycles. The molecule has 0 aliphatic rings. The molecule has 0 aliphatic carbocycles. The fraction of sp³-hybridized carbons (Fsp3) is 0.429. The number of thiazole rings is 1. The molecule has 3 amide bonds. The number of carbonyl (C=O) groups excluding carboxylic acids is 3. The van der Waals surface area contributed by atoms with Crippen molar-refractivity contribution < 1.29 is 24.0 Å². The van der Waals surface area contributed by atoms with Crippen molar-refractivity contribution in [2.45, 2.75) is 46.6 Å². The van der Waals surface area contributed by atoms with E-state index in [-0.39, 0.29) is 33.0 Å². The summed E-state index contributed by atoms with van der Waals surface area (Å²) < 4.78 is 5.17. The largest absolute Gasteiger partial charge is 0.444 e. The van der Waals surface area contributed by atoms with Crippen molar-refractivity contribution in [3.63, 3.8) is 0 Å². The van der Waals surface area contributed by atoms with E-state index in [0.29, 0.717) is 25.2 Å². The molecule has 0 unspecified atom stereocenters. The van der Waals surface area contributed by atoms with Crippen molar-refractivity contribution in [1.29, 1.82) is 0 Å². The van der Waals surface area contributed by atoms with Crippen LogP contribution < -0.4 is 21.3 Å². The molecule has 34 heavy (non-hydrogen) atoms. The molecule has 2 aromatic rings. The maximum Gasteiger partial charge on any atom is 0.407 e. The molecular formula is C21H28N6O6S. The van der Waals surface area contributed by atoms with E-state index in [2.05, 4.69) is 26.3 Å². The fourth-order valence-electron chi connectivity index (χ4n) is 2.75. The van der Waals surface area contributed by atoms with Crippen molar-refractivity contribution in [3.05, 3.63) is 39.6 Å². The summed E-state index contributed by atoms with van der Waals surface area (Å²) in [5.74, 6) is -0.936. The molecule has 0 atom stereocenters.